The summed E-state index contributed by atoms with van der Waals surface area (Å²) < 4.78 is 50.2. The number of ether oxygens (including phenoxy) is 1. The van der Waals surface area contributed by atoms with E-state index < -0.39 is 23.0 Å². The van der Waals surface area contributed by atoms with E-state index in [9.17, 15) is 28.5 Å². The van der Waals surface area contributed by atoms with Gasteiger partial charge in [-0.1, -0.05) is 24.3 Å². The van der Waals surface area contributed by atoms with E-state index in [1.165, 1.54) is 42.9 Å². The molecule has 3 aromatic rings. The first-order valence-corrected chi connectivity index (χ1v) is 10.8. The minimum Gasteiger partial charge on any atom is -0.491 e. The van der Waals surface area contributed by atoms with Crippen LogP contribution in [0.1, 0.15) is 38.8 Å². The van der Waals surface area contributed by atoms with Crippen LogP contribution in [0.4, 0.5) is 13.2 Å². The maximum atomic E-state index is 14.4. The van der Waals surface area contributed by atoms with Gasteiger partial charge in [0.25, 0.3) is 0 Å². The summed E-state index contributed by atoms with van der Waals surface area (Å²) in [6.45, 7) is 6.29. The Bertz CT molecular complexity index is 1220. The largest absolute Gasteiger partial charge is 0.491 e. The van der Waals surface area contributed by atoms with Crippen molar-refractivity contribution in [2.24, 2.45) is 0 Å². The first-order chi connectivity index (χ1) is 15.6. The number of hydrogen-bond donors (Lipinski definition) is 3. The van der Waals surface area contributed by atoms with E-state index in [1.807, 2.05) is 0 Å². The van der Waals surface area contributed by atoms with Crippen LogP contribution in [0.25, 0.3) is 22.3 Å². The van der Waals surface area contributed by atoms with Gasteiger partial charge in [0, 0.05) is 22.9 Å². The molecule has 9 heteroatoms. The lowest BCUT2D eigenvalue weighted by Crippen LogP contribution is -2.41. The smallest absolute Gasteiger partial charge is 0.425 e. The molecular weight excluding hydrogens is 449 g/mol. The number of hydrogen-bond acceptors (Lipinski definition) is 5. The van der Waals surface area contributed by atoms with Crippen molar-refractivity contribution in [3.05, 3.63) is 59.9 Å². The summed E-state index contributed by atoms with van der Waals surface area (Å²) in [7, 11) is 0. The van der Waals surface area contributed by atoms with E-state index >= 15 is 0 Å². The monoisotopic (exact) mass is 476 g/mol. The van der Waals surface area contributed by atoms with Crippen molar-refractivity contribution in [1.29, 1.82) is 0 Å². The predicted molar refractivity (Wildman–Crippen MR) is 120 cm³/mol. The predicted octanol–water partition coefficient (Wildman–Crippen LogP) is 4.25. The van der Waals surface area contributed by atoms with Gasteiger partial charge in [-0.3, -0.25) is 4.68 Å². The van der Waals surface area contributed by atoms with E-state index in [1.54, 1.807) is 38.2 Å². The standard InChI is InChI=1S/C25H27F3N2O4/c1-22(2,31)13-30-12-15(11-29-30)18-9-16(34-14-23(3,4)32)10-20-21(18)17-7-5-6-8-19(17)24(20,33)25(26,27)28/h5-12,31-33H,13-14H2,1-4H3/t24-/m1/s1. The molecule has 1 heterocycles. The van der Waals surface area contributed by atoms with Crippen LogP contribution >= 0.6 is 0 Å². The van der Waals surface area contributed by atoms with Gasteiger partial charge in [-0.15, -0.1) is 0 Å². The highest BCUT2D eigenvalue weighted by Gasteiger charge is 2.61. The summed E-state index contributed by atoms with van der Waals surface area (Å²) in [6.07, 6.45) is -1.87. The van der Waals surface area contributed by atoms with Crippen molar-refractivity contribution in [3.8, 4) is 28.0 Å². The molecule has 1 aromatic heterocycles. The third-order valence-electron chi connectivity index (χ3n) is 5.58. The Kier molecular flexibility index (Phi) is 5.58. The van der Waals surface area contributed by atoms with Gasteiger partial charge in [0.2, 0.25) is 5.60 Å². The summed E-state index contributed by atoms with van der Waals surface area (Å²) in [5.41, 5.74) is -4.74. The Morgan fingerprint density at radius 3 is 2.26 bits per heavy atom. The molecule has 34 heavy (non-hydrogen) atoms. The van der Waals surface area contributed by atoms with Crippen LogP contribution in [-0.2, 0) is 12.1 Å². The average molecular weight is 476 g/mol. The van der Waals surface area contributed by atoms with Crippen molar-refractivity contribution >= 4 is 0 Å². The summed E-state index contributed by atoms with van der Waals surface area (Å²) in [5, 5.41) is 35.6. The Balaban J connectivity index is 1.96. The van der Waals surface area contributed by atoms with Crippen LogP contribution in [0, 0.1) is 0 Å². The molecule has 0 bridgehead atoms. The van der Waals surface area contributed by atoms with Gasteiger partial charge in [0.15, 0.2) is 0 Å². The average Bonchev–Trinajstić information content (AvgIpc) is 3.26. The zero-order valence-corrected chi connectivity index (χ0v) is 19.3. The molecule has 0 saturated heterocycles. The second-order valence-corrected chi connectivity index (χ2v) is 9.99. The Morgan fingerprint density at radius 1 is 0.971 bits per heavy atom. The van der Waals surface area contributed by atoms with Gasteiger partial charge in [-0.2, -0.15) is 18.3 Å². The normalized spacial score (nSPS) is 18.1. The molecular formula is C25H27F3N2O4. The van der Waals surface area contributed by atoms with Gasteiger partial charge in [-0.25, -0.2) is 0 Å². The quantitative estimate of drug-likeness (QED) is 0.495. The van der Waals surface area contributed by atoms with Crippen LogP contribution < -0.4 is 4.74 Å². The molecule has 0 aliphatic heterocycles. The van der Waals surface area contributed by atoms with Crippen molar-refractivity contribution < 1.29 is 33.2 Å². The van der Waals surface area contributed by atoms with Gasteiger partial charge in [0.1, 0.15) is 12.4 Å². The van der Waals surface area contributed by atoms with Crippen molar-refractivity contribution in [2.75, 3.05) is 6.61 Å². The lowest BCUT2D eigenvalue weighted by molar-refractivity contribution is -0.246. The Labute approximate surface area is 195 Å². The molecule has 1 aliphatic rings. The molecule has 0 amide bonds. The Morgan fingerprint density at radius 2 is 1.65 bits per heavy atom. The van der Waals surface area contributed by atoms with Crippen LogP contribution in [0.3, 0.4) is 0 Å². The molecule has 2 aromatic carbocycles. The number of halogens is 3. The van der Waals surface area contributed by atoms with Crippen LogP contribution in [0.15, 0.2) is 48.8 Å². The van der Waals surface area contributed by atoms with Crippen molar-refractivity contribution in [1.82, 2.24) is 9.78 Å². The molecule has 4 rings (SSSR count). The number of benzene rings is 2. The molecule has 182 valence electrons. The maximum Gasteiger partial charge on any atom is 0.425 e. The summed E-state index contributed by atoms with van der Waals surface area (Å²) in [5.74, 6) is 0.0709. The zero-order valence-electron chi connectivity index (χ0n) is 19.3. The molecule has 3 N–H and O–H groups in total. The third kappa shape index (κ3) is 4.31. The van der Waals surface area contributed by atoms with E-state index in [-0.39, 0.29) is 41.2 Å². The second kappa shape index (κ2) is 7.83. The molecule has 0 saturated carbocycles. The van der Waals surface area contributed by atoms with Crippen molar-refractivity contribution in [3.63, 3.8) is 0 Å². The number of rotatable bonds is 6. The van der Waals surface area contributed by atoms with Gasteiger partial charge >= 0.3 is 6.18 Å². The first-order valence-electron chi connectivity index (χ1n) is 10.8. The minimum absolute atomic E-state index is 0.0709. The van der Waals surface area contributed by atoms with Crippen LogP contribution in [-0.4, -0.2) is 49.1 Å². The second-order valence-electron chi connectivity index (χ2n) is 9.99. The van der Waals surface area contributed by atoms with Gasteiger partial charge in [0.05, 0.1) is 23.9 Å². The molecule has 0 unspecified atom stereocenters. The van der Waals surface area contributed by atoms with E-state index in [0.717, 1.165) is 0 Å². The maximum absolute atomic E-state index is 14.4. The summed E-state index contributed by atoms with van der Waals surface area (Å²) in [4.78, 5) is 0. The summed E-state index contributed by atoms with van der Waals surface area (Å²) in [6, 6.07) is 8.63. The van der Waals surface area contributed by atoms with Crippen molar-refractivity contribution in [2.45, 2.75) is 57.2 Å². The molecule has 0 spiro atoms. The molecule has 0 fully saturated rings. The van der Waals surface area contributed by atoms with Gasteiger partial charge < -0.3 is 20.1 Å². The highest BCUT2D eigenvalue weighted by atomic mass is 19.4. The molecule has 6 nitrogen and oxygen atoms in total. The van der Waals surface area contributed by atoms with Gasteiger partial charge in [-0.05, 0) is 56.5 Å². The molecule has 1 aliphatic carbocycles. The molecule has 0 radical (unpaired) electrons. The van der Waals surface area contributed by atoms with E-state index in [0.29, 0.717) is 11.1 Å². The van der Waals surface area contributed by atoms with Crippen LogP contribution in [0.5, 0.6) is 5.75 Å². The third-order valence-corrected chi connectivity index (χ3v) is 5.58. The van der Waals surface area contributed by atoms with E-state index in [4.69, 9.17) is 4.74 Å². The fourth-order valence-corrected chi connectivity index (χ4v) is 4.21. The fourth-order valence-electron chi connectivity index (χ4n) is 4.21. The number of alkyl halides is 3. The van der Waals surface area contributed by atoms with Crippen LogP contribution in [0.2, 0.25) is 0 Å². The number of fused-ring (bicyclic) bond motifs is 3. The minimum atomic E-state index is -4.99. The summed E-state index contributed by atoms with van der Waals surface area (Å²) >= 11 is 0. The molecule has 1 atom stereocenters. The first kappa shape index (κ1) is 24.3. The Hall–Kier alpha value is -2.88. The number of nitrogens with zero attached hydrogens (tertiary/aromatic N) is 2. The topological polar surface area (TPSA) is 87.7 Å². The number of aromatic nitrogens is 2. The zero-order chi connectivity index (χ0) is 25.1. The SMILES string of the molecule is CC(C)(O)COc1cc(-c2cnn(CC(C)(C)O)c2)c2c(c1)[C@@](O)(C(F)(F)F)c1ccccc1-2. The lowest BCUT2D eigenvalue weighted by atomic mass is 9.89. The van der Waals surface area contributed by atoms with E-state index in [2.05, 4.69) is 5.10 Å². The number of aliphatic hydroxyl groups is 3. The lowest BCUT2D eigenvalue weighted by Gasteiger charge is -2.29. The fraction of sp³-hybridized carbons (Fsp3) is 0.400. The highest BCUT2D eigenvalue weighted by Crippen LogP contribution is 2.58. The highest BCUT2D eigenvalue weighted by molar-refractivity contribution is 5.93.